The van der Waals surface area contributed by atoms with Gasteiger partial charge in [0.25, 0.3) is 12.4 Å². The molecule has 4 aliphatic rings. The van der Waals surface area contributed by atoms with E-state index in [-0.39, 0.29) is 35.9 Å². The second kappa shape index (κ2) is 9.55. The predicted octanol–water partition coefficient (Wildman–Crippen LogP) is 5.13. The molecule has 3 aliphatic heterocycles. The largest absolute Gasteiger partial charge is 0.479 e. The molecule has 2 aromatic heterocycles. The highest BCUT2D eigenvalue weighted by molar-refractivity contribution is 5.77. The number of para-hydroxylation sites is 1. The van der Waals surface area contributed by atoms with Gasteiger partial charge in [0.2, 0.25) is 0 Å². The normalized spacial score (nSPS) is 27.7. The number of hydrogen-bond donors (Lipinski definition) is 0. The van der Waals surface area contributed by atoms with Gasteiger partial charge in [0, 0.05) is 31.5 Å². The third-order valence-corrected chi connectivity index (χ3v) is 8.01. The highest BCUT2D eigenvalue weighted by atomic mass is 19.3. The number of nitrogens with zero attached hydrogens (tertiary/aromatic N) is 5. The van der Waals surface area contributed by atoms with Crippen molar-refractivity contribution < 1.29 is 27.4 Å². The van der Waals surface area contributed by atoms with Crippen LogP contribution in [0.5, 0.6) is 11.8 Å². The van der Waals surface area contributed by atoms with E-state index in [1.807, 2.05) is 33.8 Å². The van der Waals surface area contributed by atoms with Gasteiger partial charge in [-0.25, -0.2) is 23.1 Å². The maximum absolute atomic E-state index is 15.0. The third-order valence-electron chi connectivity index (χ3n) is 8.01. The molecule has 0 amide bonds. The highest BCUT2D eigenvalue weighted by Gasteiger charge is 2.40. The van der Waals surface area contributed by atoms with Gasteiger partial charge in [0.15, 0.2) is 17.4 Å². The Morgan fingerprint density at radius 2 is 1.97 bits per heavy atom. The Bertz CT molecular complexity index is 1470. The minimum absolute atomic E-state index is 0.0234. The lowest BCUT2D eigenvalue weighted by Gasteiger charge is -2.31. The van der Waals surface area contributed by atoms with E-state index in [2.05, 4.69) is 21.9 Å². The maximum atomic E-state index is 15.0. The standard InChI is InChI=1S/C28H28F3N5O3/c1-15-14-37-12-10-20(15)36-23-18(29)6-4-7-19(23)32-28(36)38-16-9-11-35(13-16)27-24-22(33-26(34-27)25(30)31)17-5-2-3-8-21(17)39-24/h2-8,15-17,20-21,25H,9-14H2,1H3/t15?,16-,17?,20+,21?/m0/s1. The molecule has 7 rings (SSSR count). The van der Waals surface area contributed by atoms with E-state index in [0.717, 1.165) is 6.42 Å². The molecule has 0 radical (unpaired) electrons. The number of halogens is 3. The topological polar surface area (TPSA) is 74.5 Å². The van der Waals surface area contributed by atoms with Crippen LogP contribution >= 0.6 is 0 Å². The van der Waals surface area contributed by atoms with Gasteiger partial charge in [-0.15, -0.1) is 0 Å². The van der Waals surface area contributed by atoms with Crippen LogP contribution in [-0.2, 0) is 4.74 Å². The van der Waals surface area contributed by atoms with Crippen molar-refractivity contribution in [1.29, 1.82) is 0 Å². The molecule has 5 heterocycles. The van der Waals surface area contributed by atoms with Crippen molar-refractivity contribution in [3.8, 4) is 11.8 Å². The van der Waals surface area contributed by atoms with Crippen molar-refractivity contribution in [2.45, 2.75) is 50.4 Å². The number of benzene rings is 1. The molecule has 5 atom stereocenters. The minimum Gasteiger partial charge on any atom is -0.479 e. The molecule has 39 heavy (non-hydrogen) atoms. The Labute approximate surface area is 223 Å². The minimum atomic E-state index is -2.80. The van der Waals surface area contributed by atoms with Crippen LogP contribution in [0.3, 0.4) is 0 Å². The first-order valence-electron chi connectivity index (χ1n) is 13.4. The van der Waals surface area contributed by atoms with E-state index in [1.165, 1.54) is 6.07 Å². The lowest BCUT2D eigenvalue weighted by Crippen LogP contribution is -2.30. The molecule has 0 bridgehead atoms. The van der Waals surface area contributed by atoms with Gasteiger partial charge in [-0.2, -0.15) is 4.98 Å². The van der Waals surface area contributed by atoms with Crippen LogP contribution in [0.1, 0.15) is 49.7 Å². The molecule has 8 nitrogen and oxygen atoms in total. The van der Waals surface area contributed by atoms with Crippen LogP contribution in [0.15, 0.2) is 42.5 Å². The Morgan fingerprint density at radius 1 is 1.10 bits per heavy atom. The highest BCUT2D eigenvalue weighted by Crippen LogP contribution is 2.46. The number of fused-ring (bicyclic) bond motifs is 4. The number of imidazole rings is 1. The Morgan fingerprint density at radius 3 is 2.82 bits per heavy atom. The lowest BCUT2D eigenvalue weighted by atomic mass is 9.96. The van der Waals surface area contributed by atoms with Crippen molar-refractivity contribution in [3.05, 3.63) is 59.8 Å². The molecular formula is C28H28F3N5O3. The molecule has 0 saturated carbocycles. The summed E-state index contributed by atoms with van der Waals surface area (Å²) in [6.45, 7) is 4.16. The summed E-state index contributed by atoms with van der Waals surface area (Å²) < 4.78 is 62.7. The molecule has 11 heteroatoms. The molecule has 3 unspecified atom stereocenters. The van der Waals surface area contributed by atoms with Gasteiger partial charge >= 0.3 is 0 Å². The summed E-state index contributed by atoms with van der Waals surface area (Å²) in [5, 5.41) is 0. The molecule has 3 aromatic rings. The first kappa shape index (κ1) is 24.4. The summed E-state index contributed by atoms with van der Waals surface area (Å²) in [5.74, 6) is -0.134. The zero-order valence-electron chi connectivity index (χ0n) is 21.3. The Kier molecular flexibility index (Phi) is 5.98. The smallest absolute Gasteiger partial charge is 0.298 e. The van der Waals surface area contributed by atoms with E-state index in [9.17, 15) is 8.78 Å². The van der Waals surface area contributed by atoms with Crippen molar-refractivity contribution in [3.63, 3.8) is 0 Å². The van der Waals surface area contributed by atoms with Gasteiger partial charge in [0.05, 0.1) is 30.3 Å². The van der Waals surface area contributed by atoms with E-state index < -0.39 is 12.2 Å². The summed E-state index contributed by atoms with van der Waals surface area (Å²) in [6, 6.07) is 5.19. The van der Waals surface area contributed by atoms with Crippen LogP contribution < -0.4 is 14.4 Å². The van der Waals surface area contributed by atoms with Crippen LogP contribution in [0.2, 0.25) is 0 Å². The van der Waals surface area contributed by atoms with Crippen LogP contribution in [-0.4, -0.2) is 58.0 Å². The predicted molar refractivity (Wildman–Crippen MR) is 137 cm³/mol. The number of allylic oxidation sites excluding steroid dienone is 2. The van der Waals surface area contributed by atoms with Crippen molar-refractivity contribution in [1.82, 2.24) is 19.5 Å². The van der Waals surface area contributed by atoms with Crippen LogP contribution in [0.4, 0.5) is 19.0 Å². The van der Waals surface area contributed by atoms with Gasteiger partial charge in [-0.3, -0.25) is 4.57 Å². The summed E-state index contributed by atoms with van der Waals surface area (Å²) in [5.41, 5.74) is 1.44. The summed E-state index contributed by atoms with van der Waals surface area (Å²) in [6.07, 6.45) is 5.50. The first-order valence-corrected chi connectivity index (χ1v) is 13.4. The van der Waals surface area contributed by atoms with Gasteiger partial charge in [-0.05, 0) is 24.6 Å². The lowest BCUT2D eigenvalue weighted by molar-refractivity contribution is 0.0258. The number of rotatable bonds is 5. The number of aromatic nitrogens is 4. The first-order chi connectivity index (χ1) is 19.0. The van der Waals surface area contributed by atoms with Crippen molar-refractivity contribution in [2.75, 3.05) is 31.2 Å². The number of ether oxygens (including phenoxy) is 3. The molecule has 0 N–H and O–H groups in total. The van der Waals surface area contributed by atoms with Gasteiger partial charge in [-0.1, -0.05) is 31.2 Å². The molecular weight excluding hydrogens is 511 g/mol. The molecule has 1 aromatic carbocycles. The van der Waals surface area contributed by atoms with Gasteiger partial charge < -0.3 is 19.1 Å². The number of anilines is 1. The SMILES string of the molecule is CC1COCC[C@H]1n1c(O[C@H]2CCN(c3nc(C(F)F)nc4c3OC3C=CC=CC43)C2)nc2cccc(F)c21. The van der Waals surface area contributed by atoms with Crippen molar-refractivity contribution >= 4 is 16.9 Å². The molecule has 1 aliphatic carbocycles. The number of alkyl halides is 2. The number of hydrogen-bond acceptors (Lipinski definition) is 7. The zero-order chi connectivity index (χ0) is 26.7. The maximum Gasteiger partial charge on any atom is 0.298 e. The summed E-state index contributed by atoms with van der Waals surface area (Å²) in [7, 11) is 0. The summed E-state index contributed by atoms with van der Waals surface area (Å²) >= 11 is 0. The Balaban J connectivity index is 1.20. The fourth-order valence-electron chi connectivity index (χ4n) is 6.10. The van der Waals surface area contributed by atoms with Gasteiger partial charge in [0.1, 0.15) is 23.5 Å². The molecule has 2 saturated heterocycles. The van der Waals surface area contributed by atoms with Crippen LogP contribution in [0, 0.1) is 11.7 Å². The third kappa shape index (κ3) is 4.14. The zero-order valence-corrected chi connectivity index (χ0v) is 21.3. The van der Waals surface area contributed by atoms with E-state index in [1.54, 1.807) is 12.1 Å². The second-order valence-corrected chi connectivity index (χ2v) is 10.6. The second-order valence-electron chi connectivity index (χ2n) is 10.6. The molecule has 0 spiro atoms. The molecule has 2 fully saturated rings. The fourth-order valence-corrected chi connectivity index (χ4v) is 6.10. The fraction of sp³-hybridized carbons (Fsp3) is 0.464. The van der Waals surface area contributed by atoms with E-state index in [4.69, 9.17) is 14.2 Å². The van der Waals surface area contributed by atoms with Crippen molar-refractivity contribution in [2.24, 2.45) is 5.92 Å². The van der Waals surface area contributed by atoms with E-state index >= 15 is 4.39 Å². The average Bonchev–Trinajstić information content (AvgIpc) is 3.64. The average molecular weight is 540 g/mol. The Hall–Kier alpha value is -3.60. The van der Waals surface area contributed by atoms with E-state index in [0.29, 0.717) is 67.0 Å². The van der Waals surface area contributed by atoms with Crippen LogP contribution in [0.25, 0.3) is 11.0 Å². The molecule has 204 valence electrons. The quantitative estimate of drug-likeness (QED) is 0.445. The summed E-state index contributed by atoms with van der Waals surface area (Å²) in [4.78, 5) is 15.0. The monoisotopic (exact) mass is 539 g/mol.